The van der Waals surface area contributed by atoms with Gasteiger partial charge in [0.2, 0.25) is 0 Å². The Balaban J connectivity index is 0. The molecule has 0 saturated carbocycles. The minimum absolute atomic E-state index is 0. The van der Waals surface area contributed by atoms with E-state index in [1.54, 1.807) is 4.44 Å². The van der Waals surface area contributed by atoms with Crippen LogP contribution in [0.1, 0.15) is 33.6 Å². The smallest absolute Gasteiger partial charge is 0.412 e. The number of hydrogen-bond acceptors (Lipinski definition) is 0. The molecule has 1 nitrogen and oxygen atoms in total. The van der Waals surface area contributed by atoms with Crippen molar-refractivity contribution in [3.8, 4) is 0 Å². The van der Waals surface area contributed by atoms with Crippen LogP contribution in [0.15, 0.2) is 0 Å². The second-order valence-corrected chi connectivity index (χ2v) is 9.42. The van der Waals surface area contributed by atoms with Crippen molar-refractivity contribution < 1.29 is 5.48 Å². The first kappa shape index (κ1) is 12.4. The van der Waals surface area contributed by atoms with Gasteiger partial charge in [-0.15, -0.1) is 0 Å². The Hall–Kier alpha value is 0.759. The maximum Gasteiger partial charge on any atom is -0.412 e. The first-order chi connectivity index (χ1) is 3.77. The monoisotopic (exact) mass is 239 g/mol. The summed E-state index contributed by atoms with van der Waals surface area (Å²) in [6, 6.07) is 0. The molecule has 0 spiro atoms. The number of rotatable bonds is 4. The molecule has 0 aliphatic heterocycles. The minimum atomic E-state index is -0.0607. The molecule has 2 N–H and O–H groups in total. The van der Waals surface area contributed by atoms with Gasteiger partial charge in [-0.1, -0.05) is 0 Å². The van der Waals surface area contributed by atoms with E-state index in [0.29, 0.717) is 0 Å². The molecule has 0 aromatic heterocycles. The summed E-state index contributed by atoms with van der Waals surface area (Å²) in [5, 5.41) is 0. The van der Waals surface area contributed by atoms with Crippen molar-refractivity contribution in [1.29, 1.82) is 0 Å². The summed E-state index contributed by atoms with van der Waals surface area (Å²) in [5.41, 5.74) is 0. The van der Waals surface area contributed by atoms with Crippen molar-refractivity contribution in [3.63, 3.8) is 0 Å². The summed E-state index contributed by atoms with van der Waals surface area (Å²) in [6.07, 6.45) is 2.90. The second-order valence-electron chi connectivity index (χ2n) is 2.62. The maximum absolute atomic E-state index is 2.37. The van der Waals surface area contributed by atoms with E-state index in [2.05, 4.69) is 20.8 Å². The van der Waals surface area contributed by atoms with E-state index >= 15 is 0 Å². The molecule has 0 fully saturated rings. The number of unbranched alkanes of at least 4 members (excludes halogenated alkanes) is 1. The van der Waals surface area contributed by atoms with Crippen LogP contribution >= 0.6 is 0 Å². The van der Waals surface area contributed by atoms with Crippen LogP contribution < -0.4 is 0 Å². The van der Waals surface area contributed by atoms with E-state index in [9.17, 15) is 0 Å². The molecule has 0 unspecified atom stereocenters. The molecule has 0 aromatic rings. The van der Waals surface area contributed by atoms with Gasteiger partial charge in [0.05, 0.1) is 0 Å². The van der Waals surface area contributed by atoms with Crippen molar-refractivity contribution in [2.75, 3.05) is 0 Å². The van der Waals surface area contributed by atoms with Gasteiger partial charge in [0.15, 0.2) is 0 Å². The Kier molecular flexibility index (Phi) is 12.1. The molecule has 0 amide bonds. The molecule has 2 heteroatoms. The van der Waals surface area contributed by atoms with Crippen molar-refractivity contribution in [1.82, 2.24) is 0 Å². The van der Waals surface area contributed by atoms with Crippen molar-refractivity contribution in [2.45, 2.75) is 42.0 Å². The van der Waals surface area contributed by atoms with Crippen LogP contribution in [0, 0.1) is 0 Å². The third kappa shape index (κ3) is 12.1. The zero-order valence-electron chi connectivity index (χ0n) is 6.78. The molecule has 0 aliphatic rings. The Morgan fingerprint density at radius 1 is 1.33 bits per heavy atom. The SMILES string of the molecule is CCC[CH2][SnH][CH](C)C.O. The van der Waals surface area contributed by atoms with Gasteiger partial charge in [-0.25, -0.2) is 0 Å². The number of hydrogen-bond donors (Lipinski definition) is 0. The average molecular weight is 238 g/mol. The Morgan fingerprint density at radius 3 is 2.22 bits per heavy atom. The third-order valence-corrected chi connectivity index (χ3v) is 6.00. The van der Waals surface area contributed by atoms with Gasteiger partial charge in [0.25, 0.3) is 0 Å². The van der Waals surface area contributed by atoms with E-state index in [-0.39, 0.29) is 26.6 Å². The zero-order chi connectivity index (χ0) is 6.41. The molecular formula is C7H19OSn. The molecule has 1 radical (unpaired) electrons. The van der Waals surface area contributed by atoms with E-state index in [1.807, 2.05) is 0 Å². The van der Waals surface area contributed by atoms with Crippen LogP contribution in [0.5, 0.6) is 0 Å². The summed E-state index contributed by atoms with van der Waals surface area (Å²) in [4.78, 5) is 0. The van der Waals surface area contributed by atoms with Gasteiger partial charge in [0, 0.05) is 0 Å². The van der Waals surface area contributed by atoms with Crippen LogP contribution in [0.4, 0.5) is 0 Å². The molecule has 0 saturated heterocycles. The topological polar surface area (TPSA) is 31.5 Å². The molecule has 0 heterocycles. The summed E-state index contributed by atoms with van der Waals surface area (Å²) < 4.78 is 2.71. The molecule has 0 aromatic carbocycles. The van der Waals surface area contributed by atoms with Crippen LogP contribution in [0.3, 0.4) is 0 Å². The minimum Gasteiger partial charge on any atom is -0.412 e. The fourth-order valence-corrected chi connectivity index (χ4v) is 4.40. The summed E-state index contributed by atoms with van der Waals surface area (Å²) in [5.74, 6) is 0. The summed E-state index contributed by atoms with van der Waals surface area (Å²) in [6.45, 7) is 7.02. The summed E-state index contributed by atoms with van der Waals surface area (Å²) in [7, 11) is 0. The molecule has 0 atom stereocenters. The summed E-state index contributed by atoms with van der Waals surface area (Å²) >= 11 is -0.0607. The Morgan fingerprint density at radius 2 is 1.89 bits per heavy atom. The van der Waals surface area contributed by atoms with Gasteiger partial charge >= 0.3 is 63.1 Å². The average Bonchev–Trinajstić information content (AvgIpc) is 1.66. The van der Waals surface area contributed by atoms with Crippen LogP contribution in [0.25, 0.3) is 0 Å². The van der Waals surface area contributed by atoms with Gasteiger partial charge in [-0.3, -0.25) is 0 Å². The van der Waals surface area contributed by atoms with E-state index in [1.165, 1.54) is 12.8 Å². The van der Waals surface area contributed by atoms with Crippen LogP contribution in [-0.4, -0.2) is 26.6 Å². The van der Waals surface area contributed by atoms with E-state index in [4.69, 9.17) is 0 Å². The Labute approximate surface area is 68.8 Å². The molecular weight excluding hydrogens is 219 g/mol. The third-order valence-electron chi connectivity index (χ3n) is 1.20. The second kappa shape index (κ2) is 8.76. The van der Waals surface area contributed by atoms with Gasteiger partial charge in [-0.05, 0) is 0 Å². The molecule has 9 heavy (non-hydrogen) atoms. The molecule has 57 valence electrons. The predicted molar refractivity (Wildman–Crippen MR) is 45.6 cm³/mol. The van der Waals surface area contributed by atoms with Crippen molar-refractivity contribution in [3.05, 3.63) is 0 Å². The fraction of sp³-hybridized carbons (Fsp3) is 1.00. The predicted octanol–water partition coefficient (Wildman–Crippen LogP) is 1.64. The molecule has 0 aliphatic carbocycles. The standard InChI is InChI=1S/C4H9.C3H7.H2O.Sn.H/c1-3-4-2;1-3-2;;;/h1,3-4H2,2H3;3H,1-2H3;1H2;;. The van der Waals surface area contributed by atoms with E-state index in [0.717, 1.165) is 3.93 Å². The molecule has 0 bridgehead atoms. The van der Waals surface area contributed by atoms with Gasteiger partial charge in [0.1, 0.15) is 0 Å². The first-order valence-electron chi connectivity index (χ1n) is 3.60. The largest absolute Gasteiger partial charge is 0.412 e. The molecule has 0 rings (SSSR count). The first-order valence-corrected chi connectivity index (χ1v) is 7.84. The zero-order valence-corrected chi connectivity index (χ0v) is 10.1. The van der Waals surface area contributed by atoms with Gasteiger partial charge in [-0.2, -0.15) is 0 Å². The van der Waals surface area contributed by atoms with Gasteiger partial charge < -0.3 is 5.48 Å². The van der Waals surface area contributed by atoms with Crippen molar-refractivity contribution in [2.24, 2.45) is 0 Å². The van der Waals surface area contributed by atoms with Crippen LogP contribution in [0.2, 0.25) is 8.37 Å². The quantitative estimate of drug-likeness (QED) is 0.526. The van der Waals surface area contributed by atoms with E-state index < -0.39 is 0 Å². The van der Waals surface area contributed by atoms with Crippen molar-refractivity contribution >= 4 is 21.1 Å². The fourth-order valence-electron chi connectivity index (χ4n) is 0.655. The normalized spacial score (nSPS) is 9.33. The van der Waals surface area contributed by atoms with Crippen LogP contribution in [-0.2, 0) is 0 Å². The Bertz CT molecular complexity index is 46.2. The maximum atomic E-state index is 2.37.